The SMILES string of the molecule is COCCn1nc(C(=O)NNC(=O)c2cc3c(s2)CCC(C)C3)ccc1=O. The zero-order chi connectivity index (χ0) is 19.4. The van der Waals surface area contributed by atoms with Crippen LogP contribution in [0, 0.1) is 5.92 Å². The van der Waals surface area contributed by atoms with Crippen LogP contribution in [0.3, 0.4) is 0 Å². The van der Waals surface area contributed by atoms with Crippen molar-refractivity contribution in [3.05, 3.63) is 49.6 Å². The third-order valence-corrected chi connectivity index (χ3v) is 5.68. The molecular weight excluding hydrogens is 368 g/mol. The van der Waals surface area contributed by atoms with Crippen molar-refractivity contribution in [2.45, 2.75) is 32.7 Å². The van der Waals surface area contributed by atoms with E-state index in [4.69, 9.17) is 4.74 Å². The highest BCUT2D eigenvalue weighted by Crippen LogP contribution is 2.32. The van der Waals surface area contributed by atoms with E-state index in [1.54, 1.807) is 0 Å². The molecule has 0 saturated carbocycles. The molecule has 2 amide bonds. The maximum Gasteiger partial charge on any atom is 0.290 e. The fraction of sp³-hybridized carbons (Fsp3) is 0.444. The predicted octanol–water partition coefficient (Wildman–Crippen LogP) is 1.15. The molecular formula is C18H22N4O4S. The summed E-state index contributed by atoms with van der Waals surface area (Å²) < 4.78 is 6.06. The summed E-state index contributed by atoms with van der Waals surface area (Å²) in [4.78, 5) is 38.1. The second-order valence-corrected chi connectivity index (χ2v) is 7.72. The number of rotatable bonds is 5. The van der Waals surface area contributed by atoms with Gasteiger partial charge in [-0.1, -0.05) is 6.92 Å². The fourth-order valence-electron chi connectivity index (χ4n) is 2.96. The quantitative estimate of drug-likeness (QED) is 0.746. The molecule has 0 fully saturated rings. The number of ether oxygens (including phenoxy) is 1. The minimum atomic E-state index is -0.593. The first-order valence-electron chi connectivity index (χ1n) is 8.77. The summed E-state index contributed by atoms with van der Waals surface area (Å²) in [5.41, 5.74) is 5.69. The summed E-state index contributed by atoms with van der Waals surface area (Å²) in [5, 5.41) is 3.99. The number of hydrogen-bond donors (Lipinski definition) is 2. The van der Waals surface area contributed by atoms with Crippen LogP contribution in [0.25, 0.3) is 0 Å². The van der Waals surface area contributed by atoms with Crippen molar-refractivity contribution in [2.75, 3.05) is 13.7 Å². The molecule has 0 aliphatic heterocycles. The molecule has 0 bridgehead atoms. The van der Waals surface area contributed by atoms with Crippen LogP contribution in [0.15, 0.2) is 23.0 Å². The number of hydrazine groups is 1. The number of fused-ring (bicyclic) bond motifs is 1. The summed E-state index contributed by atoms with van der Waals surface area (Å²) in [6, 6.07) is 4.48. The summed E-state index contributed by atoms with van der Waals surface area (Å²) >= 11 is 1.47. The molecule has 2 N–H and O–H groups in total. The van der Waals surface area contributed by atoms with E-state index in [2.05, 4.69) is 22.9 Å². The van der Waals surface area contributed by atoms with Gasteiger partial charge in [-0.3, -0.25) is 25.2 Å². The van der Waals surface area contributed by atoms with Crippen LogP contribution < -0.4 is 16.4 Å². The number of methoxy groups -OCH3 is 1. The average molecular weight is 390 g/mol. The summed E-state index contributed by atoms with van der Waals surface area (Å²) in [5.74, 6) is -0.324. The Morgan fingerprint density at radius 2 is 2.11 bits per heavy atom. The molecule has 0 spiro atoms. The molecule has 3 rings (SSSR count). The van der Waals surface area contributed by atoms with Crippen molar-refractivity contribution < 1.29 is 14.3 Å². The van der Waals surface area contributed by atoms with Gasteiger partial charge in [0, 0.05) is 18.1 Å². The first kappa shape index (κ1) is 19.2. The van der Waals surface area contributed by atoms with Crippen LogP contribution in [-0.4, -0.2) is 35.3 Å². The topological polar surface area (TPSA) is 102 Å². The second-order valence-electron chi connectivity index (χ2n) is 6.59. The molecule has 8 nitrogen and oxygen atoms in total. The van der Waals surface area contributed by atoms with Gasteiger partial charge in [-0.2, -0.15) is 5.10 Å². The Labute approximate surface area is 160 Å². The number of thiophene rings is 1. The molecule has 0 saturated heterocycles. The number of nitrogens with zero attached hydrogens (tertiary/aromatic N) is 2. The molecule has 144 valence electrons. The first-order valence-corrected chi connectivity index (χ1v) is 9.59. The molecule has 1 unspecified atom stereocenters. The van der Waals surface area contributed by atoms with Gasteiger partial charge in [0.05, 0.1) is 18.0 Å². The number of hydrogen-bond acceptors (Lipinski definition) is 6. The zero-order valence-corrected chi connectivity index (χ0v) is 16.1. The third kappa shape index (κ3) is 4.61. The number of aromatic nitrogens is 2. The van der Waals surface area contributed by atoms with Gasteiger partial charge in [-0.25, -0.2) is 4.68 Å². The monoisotopic (exact) mass is 390 g/mol. The standard InChI is InChI=1S/C18H22N4O4S/c1-11-3-5-14-12(9-11)10-15(27-14)18(25)20-19-17(24)13-4-6-16(23)22(21-13)7-8-26-2/h4,6,10-11H,3,5,7-9H2,1-2H3,(H,19,24)(H,20,25). The lowest BCUT2D eigenvalue weighted by molar-refractivity contribution is 0.0844. The molecule has 1 aliphatic rings. The second kappa shape index (κ2) is 8.45. The molecule has 27 heavy (non-hydrogen) atoms. The lowest BCUT2D eigenvalue weighted by Crippen LogP contribution is -2.42. The first-order chi connectivity index (χ1) is 13.0. The normalized spacial score (nSPS) is 15.9. The lowest BCUT2D eigenvalue weighted by Gasteiger charge is -2.16. The smallest absolute Gasteiger partial charge is 0.290 e. The van der Waals surface area contributed by atoms with Gasteiger partial charge in [0.1, 0.15) is 0 Å². The number of carbonyl (C=O) groups excluding carboxylic acids is 2. The largest absolute Gasteiger partial charge is 0.383 e. The fourth-order valence-corrected chi connectivity index (χ4v) is 4.07. The third-order valence-electron chi connectivity index (χ3n) is 4.45. The van der Waals surface area contributed by atoms with Crippen molar-refractivity contribution in [2.24, 2.45) is 5.92 Å². The van der Waals surface area contributed by atoms with E-state index >= 15 is 0 Å². The Hall–Kier alpha value is -2.52. The predicted molar refractivity (Wildman–Crippen MR) is 101 cm³/mol. The molecule has 2 aromatic rings. The average Bonchev–Trinajstić information content (AvgIpc) is 3.08. The van der Waals surface area contributed by atoms with Gasteiger partial charge in [-0.15, -0.1) is 11.3 Å². The number of amides is 2. The van der Waals surface area contributed by atoms with Gasteiger partial charge >= 0.3 is 0 Å². The van der Waals surface area contributed by atoms with Crippen LogP contribution >= 0.6 is 11.3 Å². The van der Waals surface area contributed by atoms with Gasteiger partial charge in [-0.05, 0) is 42.9 Å². The van der Waals surface area contributed by atoms with Crippen molar-refractivity contribution in [3.63, 3.8) is 0 Å². The number of carbonyl (C=O) groups is 2. The van der Waals surface area contributed by atoms with Gasteiger partial charge in [0.15, 0.2) is 5.69 Å². The molecule has 1 aliphatic carbocycles. The maximum atomic E-state index is 12.3. The van der Waals surface area contributed by atoms with Crippen molar-refractivity contribution in [3.8, 4) is 0 Å². The highest BCUT2D eigenvalue weighted by atomic mass is 32.1. The van der Waals surface area contributed by atoms with Crippen molar-refractivity contribution in [1.82, 2.24) is 20.6 Å². The van der Waals surface area contributed by atoms with Gasteiger partial charge in [0.2, 0.25) is 0 Å². The van der Waals surface area contributed by atoms with E-state index in [-0.39, 0.29) is 23.7 Å². The van der Waals surface area contributed by atoms with E-state index < -0.39 is 5.91 Å². The molecule has 2 aromatic heterocycles. The highest BCUT2D eigenvalue weighted by molar-refractivity contribution is 7.14. The lowest BCUT2D eigenvalue weighted by atomic mass is 9.90. The summed E-state index contributed by atoms with van der Waals surface area (Å²) in [6.07, 6.45) is 3.11. The summed E-state index contributed by atoms with van der Waals surface area (Å²) in [7, 11) is 1.51. The molecule has 0 aromatic carbocycles. The molecule has 2 heterocycles. The van der Waals surface area contributed by atoms with E-state index in [0.29, 0.717) is 17.4 Å². The Morgan fingerprint density at radius 1 is 1.33 bits per heavy atom. The zero-order valence-electron chi connectivity index (χ0n) is 15.3. The van der Waals surface area contributed by atoms with Crippen LogP contribution in [-0.2, 0) is 24.1 Å². The maximum absolute atomic E-state index is 12.3. The highest BCUT2D eigenvalue weighted by Gasteiger charge is 2.21. The summed E-state index contributed by atoms with van der Waals surface area (Å²) in [6.45, 7) is 2.75. The van der Waals surface area contributed by atoms with E-state index in [9.17, 15) is 14.4 Å². The Balaban J connectivity index is 1.62. The number of aryl methyl sites for hydroxylation is 1. The van der Waals surface area contributed by atoms with Crippen LogP contribution in [0.5, 0.6) is 0 Å². The van der Waals surface area contributed by atoms with Crippen molar-refractivity contribution in [1.29, 1.82) is 0 Å². The van der Waals surface area contributed by atoms with Gasteiger partial charge in [0.25, 0.3) is 17.4 Å². The van der Waals surface area contributed by atoms with Crippen LogP contribution in [0.1, 0.15) is 43.9 Å². The van der Waals surface area contributed by atoms with E-state index in [0.717, 1.165) is 23.9 Å². The van der Waals surface area contributed by atoms with Crippen molar-refractivity contribution >= 4 is 23.2 Å². The Kier molecular flexibility index (Phi) is 6.02. The minimum absolute atomic E-state index is 0.0327. The van der Waals surface area contributed by atoms with Gasteiger partial charge < -0.3 is 4.74 Å². The Morgan fingerprint density at radius 3 is 2.89 bits per heavy atom. The molecule has 9 heteroatoms. The van der Waals surface area contributed by atoms with Crippen LogP contribution in [0.4, 0.5) is 0 Å². The van der Waals surface area contributed by atoms with E-state index in [1.165, 1.54) is 41.0 Å². The molecule has 0 radical (unpaired) electrons. The van der Waals surface area contributed by atoms with Crippen LogP contribution in [0.2, 0.25) is 0 Å². The van der Waals surface area contributed by atoms with E-state index in [1.807, 2.05) is 6.07 Å². The number of nitrogens with one attached hydrogen (secondary N) is 2. The Bertz CT molecular complexity index is 905. The minimum Gasteiger partial charge on any atom is -0.383 e. The molecule has 1 atom stereocenters.